The van der Waals surface area contributed by atoms with Gasteiger partial charge in [0.25, 0.3) is 5.91 Å². The van der Waals surface area contributed by atoms with Crippen LogP contribution in [0.3, 0.4) is 0 Å². The van der Waals surface area contributed by atoms with Crippen LogP contribution in [0.2, 0.25) is 0 Å². The second-order valence-corrected chi connectivity index (χ2v) is 7.93. The second-order valence-electron chi connectivity index (χ2n) is 6.04. The van der Waals surface area contributed by atoms with Gasteiger partial charge in [-0.05, 0) is 47.4 Å². The molecule has 0 radical (unpaired) electrons. The summed E-state index contributed by atoms with van der Waals surface area (Å²) >= 11 is 3.52. The minimum Gasteiger partial charge on any atom is -0.459 e. The molecule has 1 unspecified atom stereocenters. The van der Waals surface area contributed by atoms with Crippen LogP contribution in [0.1, 0.15) is 29.0 Å². The van der Waals surface area contributed by atoms with E-state index in [0.717, 1.165) is 24.3 Å². The summed E-state index contributed by atoms with van der Waals surface area (Å²) in [5.41, 5.74) is 1.33. The summed E-state index contributed by atoms with van der Waals surface area (Å²) in [6.07, 6.45) is 3.17. The number of piperidine rings is 1. The number of hydrogen-bond acceptors (Lipinski definition) is 5. The highest BCUT2D eigenvalue weighted by molar-refractivity contribution is 7.98. The van der Waals surface area contributed by atoms with Crippen LogP contribution in [0.25, 0.3) is 0 Å². The van der Waals surface area contributed by atoms with Crippen molar-refractivity contribution in [2.75, 3.05) is 25.4 Å². The number of likely N-dealkylation sites (tertiary alicyclic amines) is 1. The zero-order valence-electron chi connectivity index (χ0n) is 14.0. The molecule has 25 heavy (non-hydrogen) atoms. The number of hydrogen-bond donors (Lipinski definition) is 1. The SMILES string of the molecule is O=C(NCCSCc1ccsc1)C1CCCN(C(=O)c2ccco2)C1. The lowest BCUT2D eigenvalue weighted by Gasteiger charge is -2.31. The lowest BCUT2D eigenvalue weighted by molar-refractivity contribution is -0.126. The minimum absolute atomic E-state index is 0.0491. The van der Waals surface area contributed by atoms with Gasteiger partial charge in [0, 0.05) is 31.1 Å². The Labute approximate surface area is 155 Å². The van der Waals surface area contributed by atoms with E-state index in [1.165, 1.54) is 11.8 Å². The quantitative estimate of drug-likeness (QED) is 0.752. The normalized spacial score (nSPS) is 17.4. The van der Waals surface area contributed by atoms with E-state index in [9.17, 15) is 9.59 Å². The summed E-state index contributed by atoms with van der Waals surface area (Å²) in [5.74, 6) is 2.00. The van der Waals surface area contributed by atoms with Crippen LogP contribution in [0.4, 0.5) is 0 Å². The number of amides is 2. The van der Waals surface area contributed by atoms with Crippen molar-refractivity contribution in [1.29, 1.82) is 0 Å². The van der Waals surface area contributed by atoms with Gasteiger partial charge in [0.05, 0.1) is 12.2 Å². The van der Waals surface area contributed by atoms with Crippen molar-refractivity contribution < 1.29 is 14.0 Å². The summed E-state index contributed by atoms with van der Waals surface area (Å²) in [4.78, 5) is 26.4. The Morgan fingerprint density at radius 1 is 1.40 bits per heavy atom. The summed E-state index contributed by atoms with van der Waals surface area (Å²) < 4.78 is 5.17. The molecule has 1 aliphatic heterocycles. The Kier molecular flexibility index (Phi) is 6.58. The van der Waals surface area contributed by atoms with Crippen molar-refractivity contribution in [3.8, 4) is 0 Å². The van der Waals surface area contributed by atoms with Crippen LogP contribution >= 0.6 is 23.1 Å². The molecule has 3 rings (SSSR count). The monoisotopic (exact) mass is 378 g/mol. The van der Waals surface area contributed by atoms with E-state index in [2.05, 4.69) is 22.1 Å². The largest absolute Gasteiger partial charge is 0.459 e. The molecule has 1 atom stereocenters. The van der Waals surface area contributed by atoms with Gasteiger partial charge in [-0.3, -0.25) is 9.59 Å². The Morgan fingerprint density at radius 2 is 2.32 bits per heavy atom. The fraction of sp³-hybridized carbons (Fsp3) is 0.444. The van der Waals surface area contributed by atoms with E-state index in [0.29, 0.717) is 25.4 Å². The molecule has 0 saturated carbocycles. The number of nitrogens with zero attached hydrogens (tertiary/aromatic N) is 1. The van der Waals surface area contributed by atoms with E-state index < -0.39 is 0 Å². The number of thiophene rings is 1. The average molecular weight is 379 g/mol. The smallest absolute Gasteiger partial charge is 0.289 e. The Bertz CT molecular complexity index is 671. The highest BCUT2D eigenvalue weighted by Gasteiger charge is 2.29. The van der Waals surface area contributed by atoms with Crippen molar-refractivity contribution >= 4 is 34.9 Å². The van der Waals surface area contributed by atoms with Gasteiger partial charge < -0.3 is 14.6 Å². The molecule has 1 N–H and O–H groups in total. The summed E-state index contributed by atoms with van der Waals surface area (Å²) in [7, 11) is 0. The fourth-order valence-electron chi connectivity index (χ4n) is 2.89. The van der Waals surface area contributed by atoms with Crippen molar-refractivity contribution in [2.45, 2.75) is 18.6 Å². The third-order valence-electron chi connectivity index (χ3n) is 4.21. The molecule has 3 heterocycles. The van der Waals surface area contributed by atoms with Crippen molar-refractivity contribution in [2.24, 2.45) is 5.92 Å². The van der Waals surface area contributed by atoms with E-state index in [1.54, 1.807) is 28.4 Å². The highest BCUT2D eigenvalue weighted by Crippen LogP contribution is 2.19. The van der Waals surface area contributed by atoms with Crippen LogP contribution in [0, 0.1) is 5.92 Å². The van der Waals surface area contributed by atoms with Gasteiger partial charge in [-0.15, -0.1) is 0 Å². The van der Waals surface area contributed by atoms with E-state index in [-0.39, 0.29) is 17.7 Å². The summed E-state index contributed by atoms with van der Waals surface area (Å²) in [6, 6.07) is 5.49. The molecule has 134 valence electrons. The molecule has 2 amide bonds. The van der Waals surface area contributed by atoms with Crippen molar-refractivity contribution in [3.05, 3.63) is 46.5 Å². The van der Waals surface area contributed by atoms with Gasteiger partial charge in [-0.25, -0.2) is 0 Å². The van der Waals surface area contributed by atoms with Gasteiger partial charge in [-0.1, -0.05) is 0 Å². The minimum atomic E-state index is -0.131. The number of rotatable bonds is 7. The van der Waals surface area contributed by atoms with E-state index in [1.807, 2.05) is 11.8 Å². The molecule has 5 nitrogen and oxygen atoms in total. The van der Waals surface area contributed by atoms with Gasteiger partial charge in [-0.2, -0.15) is 23.1 Å². The molecule has 1 saturated heterocycles. The molecular formula is C18H22N2O3S2. The van der Waals surface area contributed by atoms with Crippen LogP contribution in [-0.4, -0.2) is 42.1 Å². The third-order valence-corrected chi connectivity index (χ3v) is 5.97. The molecule has 0 spiro atoms. The predicted octanol–water partition coefficient (Wildman–Crippen LogP) is 3.24. The Balaban J connectivity index is 1.38. The Hall–Kier alpha value is -1.73. The van der Waals surface area contributed by atoms with Crippen LogP contribution < -0.4 is 5.32 Å². The predicted molar refractivity (Wildman–Crippen MR) is 101 cm³/mol. The van der Waals surface area contributed by atoms with E-state index in [4.69, 9.17) is 4.42 Å². The van der Waals surface area contributed by atoms with Gasteiger partial charge >= 0.3 is 0 Å². The molecule has 1 aliphatic rings. The lowest BCUT2D eigenvalue weighted by atomic mass is 9.97. The number of carbonyl (C=O) groups excluding carboxylic acids is 2. The maximum atomic E-state index is 12.4. The molecule has 1 fully saturated rings. The molecule has 7 heteroatoms. The maximum absolute atomic E-state index is 12.4. The lowest BCUT2D eigenvalue weighted by Crippen LogP contribution is -2.45. The molecule has 0 bridgehead atoms. The molecular weight excluding hydrogens is 356 g/mol. The standard InChI is InChI=1S/C18H22N2O3S2/c21-17(19-6-10-25-13-14-5-9-24-12-14)15-3-1-7-20(11-15)18(22)16-4-2-8-23-16/h2,4-5,8-9,12,15H,1,3,6-7,10-11,13H2,(H,19,21). The highest BCUT2D eigenvalue weighted by atomic mass is 32.2. The zero-order chi connectivity index (χ0) is 17.5. The maximum Gasteiger partial charge on any atom is 0.289 e. The Morgan fingerprint density at radius 3 is 3.08 bits per heavy atom. The number of nitrogens with one attached hydrogen (secondary N) is 1. The molecule has 0 aromatic carbocycles. The number of thioether (sulfide) groups is 1. The number of carbonyl (C=O) groups is 2. The van der Waals surface area contributed by atoms with Crippen molar-refractivity contribution in [3.63, 3.8) is 0 Å². The van der Waals surface area contributed by atoms with Crippen molar-refractivity contribution in [1.82, 2.24) is 10.2 Å². The van der Waals surface area contributed by atoms with Gasteiger partial charge in [0.15, 0.2) is 5.76 Å². The molecule has 2 aromatic heterocycles. The van der Waals surface area contributed by atoms with Crippen LogP contribution in [-0.2, 0) is 10.5 Å². The van der Waals surface area contributed by atoms with E-state index >= 15 is 0 Å². The first-order valence-electron chi connectivity index (χ1n) is 8.43. The first-order valence-corrected chi connectivity index (χ1v) is 10.5. The van der Waals surface area contributed by atoms with Gasteiger partial charge in [0.2, 0.25) is 5.91 Å². The first-order chi connectivity index (χ1) is 12.2. The molecule has 0 aliphatic carbocycles. The van der Waals surface area contributed by atoms with Crippen LogP contribution in [0.5, 0.6) is 0 Å². The average Bonchev–Trinajstić information content (AvgIpc) is 3.34. The second kappa shape index (κ2) is 9.10. The summed E-state index contributed by atoms with van der Waals surface area (Å²) in [5, 5.41) is 7.24. The van der Waals surface area contributed by atoms with Crippen LogP contribution in [0.15, 0.2) is 39.6 Å². The zero-order valence-corrected chi connectivity index (χ0v) is 15.6. The fourth-order valence-corrected chi connectivity index (χ4v) is 4.47. The number of furan rings is 1. The molecule has 2 aromatic rings. The van der Waals surface area contributed by atoms with Gasteiger partial charge in [0.1, 0.15) is 0 Å². The first kappa shape index (κ1) is 18.1. The summed E-state index contributed by atoms with van der Waals surface area (Å²) in [6.45, 7) is 1.81. The topological polar surface area (TPSA) is 62.6 Å². The third kappa shape index (κ3) is 5.12.